The third kappa shape index (κ3) is 5.08. The molecule has 182 valence electrons. The van der Waals surface area contributed by atoms with E-state index in [2.05, 4.69) is 26.8 Å². The Balaban J connectivity index is 1.46. The van der Waals surface area contributed by atoms with Crippen molar-refractivity contribution in [1.82, 2.24) is 15.0 Å². The fourth-order valence-corrected chi connectivity index (χ4v) is 3.99. The molecule has 0 atom stereocenters. The number of anilines is 1. The minimum absolute atomic E-state index is 0.0339. The average Bonchev–Trinajstić information content (AvgIpc) is 2.92. The summed E-state index contributed by atoms with van der Waals surface area (Å²) in [6, 6.07) is 19.6. The summed E-state index contributed by atoms with van der Waals surface area (Å²) in [6.45, 7) is 3.84. The summed E-state index contributed by atoms with van der Waals surface area (Å²) < 4.78 is 38.9. The number of benzene rings is 3. The minimum Gasteiger partial charge on any atom is -0.321 e. The van der Waals surface area contributed by atoms with Gasteiger partial charge >= 0.3 is 6.18 Å². The van der Waals surface area contributed by atoms with E-state index in [4.69, 9.17) is 0 Å². The van der Waals surface area contributed by atoms with Gasteiger partial charge in [-0.05, 0) is 59.2 Å². The van der Waals surface area contributed by atoms with E-state index in [0.717, 1.165) is 50.9 Å². The Morgan fingerprint density at radius 1 is 0.865 bits per heavy atom. The number of carbonyl (C=O) groups excluding carboxylic acids is 1. The molecule has 0 fully saturated rings. The number of rotatable bonds is 5. The van der Waals surface area contributed by atoms with Crippen LogP contribution < -0.4 is 5.32 Å². The van der Waals surface area contributed by atoms with E-state index in [-0.39, 0.29) is 11.4 Å². The Morgan fingerprint density at radius 2 is 1.70 bits per heavy atom. The van der Waals surface area contributed by atoms with Crippen molar-refractivity contribution in [2.75, 3.05) is 5.32 Å². The second kappa shape index (κ2) is 9.66. The predicted molar refractivity (Wildman–Crippen MR) is 138 cm³/mol. The smallest absolute Gasteiger partial charge is 0.321 e. The lowest BCUT2D eigenvalue weighted by molar-refractivity contribution is -0.137. The Kier molecular flexibility index (Phi) is 6.23. The Morgan fingerprint density at radius 3 is 2.46 bits per heavy atom. The molecule has 0 saturated heterocycles. The zero-order valence-corrected chi connectivity index (χ0v) is 19.3. The molecule has 0 aliphatic heterocycles. The van der Waals surface area contributed by atoms with Crippen molar-refractivity contribution in [2.24, 2.45) is 0 Å². The number of pyridine rings is 1. The number of nitrogens with one attached hydrogen (secondary N) is 1. The van der Waals surface area contributed by atoms with E-state index in [1.54, 1.807) is 24.5 Å². The van der Waals surface area contributed by atoms with Crippen LogP contribution >= 0.6 is 0 Å². The predicted octanol–water partition coefficient (Wildman–Crippen LogP) is 7.27. The summed E-state index contributed by atoms with van der Waals surface area (Å²) in [4.78, 5) is 25.5. The van der Waals surface area contributed by atoms with E-state index in [0.29, 0.717) is 0 Å². The fourth-order valence-electron chi connectivity index (χ4n) is 3.99. The molecule has 0 saturated carbocycles. The van der Waals surface area contributed by atoms with Crippen LogP contribution in [0.5, 0.6) is 0 Å². The standard InChI is InChI=1S/C29H19F3N4O/c1-2-18-5-3-6-19(11-18)25-13-21(12-22-15-33-17-35-27(22)25)20-9-10-26(34-16-20)28(37)36-24-8-4-7-23(14-24)29(30,31)32/h2-17H,1H2,(H,36,37). The molecule has 0 radical (unpaired) electrons. The third-order valence-electron chi connectivity index (χ3n) is 5.82. The molecule has 37 heavy (non-hydrogen) atoms. The molecular formula is C29H19F3N4O. The van der Waals surface area contributed by atoms with Gasteiger partial charge in [0.2, 0.25) is 0 Å². The topological polar surface area (TPSA) is 67.8 Å². The van der Waals surface area contributed by atoms with E-state index < -0.39 is 17.6 Å². The normalized spacial score (nSPS) is 11.3. The Bertz CT molecular complexity index is 1630. The highest BCUT2D eigenvalue weighted by Crippen LogP contribution is 2.34. The van der Waals surface area contributed by atoms with E-state index >= 15 is 0 Å². The SMILES string of the molecule is C=Cc1cccc(-c2cc(-c3ccc(C(=O)Nc4cccc(C(F)(F)F)c4)nc3)cc3cncnc23)c1. The highest BCUT2D eigenvalue weighted by molar-refractivity contribution is 6.03. The Labute approximate surface area is 210 Å². The number of halogens is 3. The number of nitrogens with zero attached hydrogens (tertiary/aromatic N) is 3. The van der Waals surface area contributed by atoms with Crippen molar-refractivity contribution >= 4 is 28.6 Å². The summed E-state index contributed by atoms with van der Waals surface area (Å²) in [6.07, 6.45) is 2.06. The number of aromatic nitrogens is 3. The van der Waals surface area contributed by atoms with Gasteiger partial charge in [0.05, 0.1) is 11.1 Å². The molecule has 0 aliphatic carbocycles. The number of hydrogen-bond donors (Lipinski definition) is 1. The zero-order chi connectivity index (χ0) is 26.0. The van der Waals surface area contributed by atoms with Crippen LogP contribution in [0.15, 0.2) is 98.1 Å². The van der Waals surface area contributed by atoms with Gasteiger partial charge in [-0.2, -0.15) is 13.2 Å². The molecule has 0 aliphatic rings. The van der Waals surface area contributed by atoms with Gasteiger partial charge in [-0.3, -0.25) is 9.78 Å². The van der Waals surface area contributed by atoms with Gasteiger partial charge in [0.1, 0.15) is 12.0 Å². The summed E-state index contributed by atoms with van der Waals surface area (Å²) in [7, 11) is 0. The van der Waals surface area contributed by atoms with Gasteiger partial charge in [-0.1, -0.05) is 43.0 Å². The number of carbonyl (C=O) groups is 1. The summed E-state index contributed by atoms with van der Waals surface area (Å²) in [5.41, 5.74) is 4.51. The van der Waals surface area contributed by atoms with Crippen molar-refractivity contribution in [1.29, 1.82) is 0 Å². The van der Waals surface area contributed by atoms with Crippen LogP contribution in [0.4, 0.5) is 18.9 Å². The lowest BCUT2D eigenvalue weighted by Gasteiger charge is -2.11. The molecule has 3 aromatic carbocycles. The monoisotopic (exact) mass is 496 g/mol. The van der Waals surface area contributed by atoms with Crippen molar-refractivity contribution in [3.8, 4) is 22.3 Å². The minimum atomic E-state index is -4.50. The molecule has 0 unspecified atom stereocenters. The van der Waals surface area contributed by atoms with Crippen molar-refractivity contribution in [3.05, 3.63) is 115 Å². The van der Waals surface area contributed by atoms with Crippen LogP contribution in [0.25, 0.3) is 39.2 Å². The van der Waals surface area contributed by atoms with E-state index in [9.17, 15) is 18.0 Å². The summed E-state index contributed by atoms with van der Waals surface area (Å²) in [5.74, 6) is -0.611. The first-order chi connectivity index (χ1) is 17.8. The maximum Gasteiger partial charge on any atom is 0.416 e. The fraction of sp³-hybridized carbons (Fsp3) is 0.0345. The van der Waals surface area contributed by atoms with Gasteiger partial charge < -0.3 is 5.32 Å². The second-order valence-electron chi connectivity index (χ2n) is 8.28. The number of hydrogen-bond acceptors (Lipinski definition) is 4. The Hall–Kier alpha value is -4.85. The largest absolute Gasteiger partial charge is 0.416 e. The molecule has 5 nitrogen and oxygen atoms in total. The maximum absolute atomic E-state index is 13.0. The van der Waals surface area contributed by atoms with Gasteiger partial charge in [0.15, 0.2) is 0 Å². The first kappa shape index (κ1) is 23.9. The maximum atomic E-state index is 13.0. The summed E-state index contributed by atoms with van der Waals surface area (Å²) >= 11 is 0. The molecule has 2 aromatic heterocycles. The molecule has 0 spiro atoms. The first-order valence-electron chi connectivity index (χ1n) is 11.2. The number of amides is 1. The van der Waals surface area contributed by atoms with Crippen molar-refractivity contribution in [3.63, 3.8) is 0 Å². The van der Waals surface area contributed by atoms with E-state index in [1.165, 1.54) is 24.5 Å². The zero-order valence-electron chi connectivity index (χ0n) is 19.3. The van der Waals surface area contributed by atoms with Gasteiger partial charge in [0, 0.05) is 34.6 Å². The highest BCUT2D eigenvalue weighted by Gasteiger charge is 2.30. The quantitative estimate of drug-likeness (QED) is 0.278. The average molecular weight is 496 g/mol. The lowest BCUT2D eigenvalue weighted by atomic mass is 9.95. The molecule has 2 heterocycles. The van der Waals surface area contributed by atoms with Gasteiger partial charge in [-0.15, -0.1) is 0 Å². The van der Waals surface area contributed by atoms with Crippen LogP contribution in [0.2, 0.25) is 0 Å². The molecule has 0 bridgehead atoms. The van der Waals surface area contributed by atoms with Gasteiger partial charge in [0.25, 0.3) is 5.91 Å². The van der Waals surface area contributed by atoms with Crippen LogP contribution in [0.3, 0.4) is 0 Å². The van der Waals surface area contributed by atoms with E-state index in [1.807, 2.05) is 36.4 Å². The van der Waals surface area contributed by atoms with Crippen LogP contribution in [-0.2, 0) is 6.18 Å². The molecular weight excluding hydrogens is 477 g/mol. The molecule has 5 aromatic rings. The third-order valence-corrected chi connectivity index (χ3v) is 5.82. The van der Waals surface area contributed by atoms with Gasteiger partial charge in [-0.25, -0.2) is 9.97 Å². The lowest BCUT2D eigenvalue weighted by Crippen LogP contribution is -2.14. The number of fused-ring (bicyclic) bond motifs is 1. The molecule has 1 amide bonds. The van der Waals surface area contributed by atoms with Crippen LogP contribution in [0, 0.1) is 0 Å². The molecule has 8 heteroatoms. The molecule has 5 rings (SSSR count). The van der Waals surface area contributed by atoms with Crippen LogP contribution in [0.1, 0.15) is 21.6 Å². The van der Waals surface area contributed by atoms with Crippen LogP contribution in [-0.4, -0.2) is 20.9 Å². The highest BCUT2D eigenvalue weighted by atomic mass is 19.4. The second-order valence-corrected chi connectivity index (χ2v) is 8.28. The molecule has 1 N–H and O–H groups in total. The first-order valence-corrected chi connectivity index (χ1v) is 11.2. The van der Waals surface area contributed by atoms with Crippen molar-refractivity contribution < 1.29 is 18.0 Å². The number of alkyl halides is 3. The van der Waals surface area contributed by atoms with Crippen molar-refractivity contribution in [2.45, 2.75) is 6.18 Å². The summed E-state index contributed by atoms with van der Waals surface area (Å²) in [5, 5.41) is 3.31.